The lowest BCUT2D eigenvalue weighted by molar-refractivity contribution is -0.140. The minimum atomic E-state index is -0.649. The Morgan fingerprint density at radius 1 is 1.03 bits per heavy atom. The van der Waals surface area contributed by atoms with Crippen molar-refractivity contribution in [2.75, 3.05) is 32.8 Å². The average Bonchev–Trinajstić information content (AvgIpc) is 3.06. The van der Waals surface area contributed by atoms with Crippen LogP contribution in [-0.2, 0) is 9.59 Å². The van der Waals surface area contributed by atoms with Crippen LogP contribution in [0.25, 0.3) is 5.76 Å². The Hall–Kier alpha value is -3.12. The molecule has 1 amide bonds. The van der Waals surface area contributed by atoms with E-state index in [9.17, 15) is 14.7 Å². The number of aliphatic hydroxyl groups is 1. The van der Waals surface area contributed by atoms with Gasteiger partial charge in [-0.1, -0.05) is 43.7 Å². The number of carbonyl (C=O) groups is 2. The number of benzene rings is 2. The van der Waals surface area contributed by atoms with Crippen LogP contribution in [0, 0.1) is 13.8 Å². The van der Waals surface area contributed by atoms with Crippen LogP contribution in [0.3, 0.4) is 0 Å². The Balaban J connectivity index is 2.09. The van der Waals surface area contributed by atoms with Crippen molar-refractivity contribution < 1.29 is 19.4 Å². The van der Waals surface area contributed by atoms with Crippen LogP contribution in [0.5, 0.6) is 5.75 Å². The van der Waals surface area contributed by atoms with Crippen LogP contribution >= 0.6 is 0 Å². The summed E-state index contributed by atoms with van der Waals surface area (Å²) in [5.41, 5.74) is 3.37. The molecule has 0 aromatic heterocycles. The molecular weight excluding hydrogens is 416 g/mol. The van der Waals surface area contributed by atoms with Gasteiger partial charge in [-0.25, -0.2) is 0 Å². The molecule has 0 spiro atoms. The molecule has 0 bridgehead atoms. The summed E-state index contributed by atoms with van der Waals surface area (Å²) in [4.78, 5) is 30.1. The van der Waals surface area contributed by atoms with Gasteiger partial charge in [-0.05, 0) is 63.2 Å². The van der Waals surface area contributed by atoms with E-state index in [4.69, 9.17) is 4.74 Å². The van der Waals surface area contributed by atoms with E-state index in [2.05, 4.69) is 18.7 Å². The molecule has 176 valence electrons. The molecule has 0 unspecified atom stereocenters. The second-order valence-corrected chi connectivity index (χ2v) is 8.34. The smallest absolute Gasteiger partial charge is 0.295 e. The van der Waals surface area contributed by atoms with E-state index in [1.807, 2.05) is 45.0 Å². The molecule has 1 atom stereocenters. The fraction of sp³-hybridized carbons (Fsp3) is 0.407. The minimum Gasteiger partial charge on any atom is -0.507 e. The van der Waals surface area contributed by atoms with Gasteiger partial charge in [-0.15, -0.1) is 0 Å². The van der Waals surface area contributed by atoms with Gasteiger partial charge >= 0.3 is 0 Å². The zero-order valence-corrected chi connectivity index (χ0v) is 20.2. The molecule has 1 saturated heterocycles. The maximum absolute atomic E-state index is 13.2. The summed E-state index contributed by atoms with van der Waals surface area (Å²) in [7, 11) is 0. The number of rotatable bonds is 9. The monoisotopic (exact) mass is 450 g/mol. The quantitative estimate of drug-likeness (QED) is 0.347. The third-order valence-electron chi connectivity index (χ3n) is 6.23. The van der Waals surface area contributed by atoms with Crippen LogP contribution in [0.1, 0.15) is 49.1 Å². The van der Waals surface area contributed by atoms with Crippen molar-refractivity contribution >= 4 is 17.4 Å². The van der Waals surface area contributed by atoms with Gasteiger partial charge in [-0.2, -0.15) is 0 Å². The summed E-state index contributed by atoms with van der Waals surface area (Å²) in [6.07, 6.45) is 0. The number of hydrogen-bond acceptors (Lipinski definition) is 5. The van der Waals surface area contributed by atoms with Crippen molar-refractivity contribution in [2.24, 2.45) is 0 Å². The highest BCUT2D eigenvalue weighted by Crippen LogP contribution is 2.39. The first-order valence-corrected chi connectivity index (χ1v) is 11.6. The number of aryl methyl sites for hydroxylation is 2. The van der Waals surface area contributed by atoms with E-state index in [0.717, 1.165) is 35.5 Å². The molecular formula is C27H34N2O4. The summed E-state index contributed by atoms with van der Waals surface area (Å²) >= 11 is 0. The van der Waals surface area contributed by atoms with Gasteiger partial charge in [-0.3, -0.25) is 9.59 Å². The van der Waals surface area contributed by atoms with Crippen molar-refractivity contribution in [2.45, 2.75) is 40.7 Å². The molecule has 2 aromatic rings. The van der Waals surface area contributed by atoms with Gasteiger partial charge in [0.25, 0.3) is 11.7 Å². The number of Topliss-reactive ketones (excluding diaryl/α,β-unsaturated/α-hetero) is 1. The van der Waals surface area contributed by atoms with E-state index in [1.54, 1.807) is 23.1 Å². The highest BCUT2D eigenvalue weighted by Gasteiger charge is 2.45. The second-order valence-electron chi connectivity index (χ2n) is 8.34. The van der Waals surface area contributed by atoms with Crippen molar-refractivity contribution in [1.82, 2.24) is 9.80 Å². The van der Waals surface area contributed by atoms with Crippen LogP contribution in [0.15, 0.2) is 48.0 Å². The first-order valence-electron chi connectivity index (χ1n) is 11.6. The second kappa shape index (κ2) is 10.7. The van der Waals surface area contributed by atoms with Crippen molar-refractivity contribution in [3.63, 3.8) is 0 Å². The molecule has 33 heavy (non-hydrogen) atoms. The lowest BCUT2D eigenvalue weighted by atomic mass is 9.94. The fourth-order valence-corrected chi connectivity index (χ4v) is 4.26. The van der Waals surface area contributed by atoms with Gasteiger partial charge in [0.15, 0.2) is 0 Å². The zero-order chi connectivity index (χ0) is 24.1. The Labute approximate surface area is 196 Å². The lowest BCUT2D eigenvalue weighted by Crippen LogP contribution is -2.38. The number of aliphatic hydroxyl groups excluding tert-OH is 1. The molecule has 6 nitrogen and oxygen atoms in total. The molecule has 0 radical (unpaired) electrons. The summed E-state index contributed by atoms with van der Waals surface area (Å²) in [6.45, 7) is 13.3. The number of likely N-dealkylation sites (N-methyl/N-ethyl adjacent to an activating group) is 1. The first kappa shape index (κ1) is 24.5. The first-order chi connectivity index (χ1) is 15.8. The molecule has 1 N–H and O–H groups in total. The summed E-state index contributed by atoms with van der Waals surface area (Å²) in [5, 5.41) is 11.3. The zero-order valence-electron chi connectivity index (χ0n) is 20.2. The third kappa shape index (κ3) is 5.11. The van der Waals surface area contributed by atoms with Gasteiger partial charge in [0.1, 0.15) is 11.5 Å². The minimum absolute atomic E-state index is 0.131. The molecule has 1 aliphatic heterocycles. The summed E-state index contributed by atoms with van der Waals surface area (Å²) in [6, 6.07) is 12.4. The molecule has 0 saturated carbocycles. The van der Waals surface area contributed by atoms with E-state index < -0.39 is 17.7 Å². The van der Waals surface area contributed by atoms with Crippen molar-refractivity contribution in [3.8, 4) is 5.75 Å². The Morgan fingerprint density at radius 3 is 2.27 bits per heavy atom. The summed E-state index contributed by atoms with van der Waals surface area (Å²) < 4.78 is 5.60. The molecule has 2 aromatic carbocycles. The Kier molecular flexibility index (Phi) is 7.92. The number of amides is 1. The SMILES string of the molecule is CCOc1ccc(C(O)=C2C(=O)C(=O)N(CCN(CC)CC)[C@H]2c2ccc(C)cc2)cc1C. The normalized spacial score (nSPS) is 17.8. The lowest BCUT2D eigenvalue weighted by Gasteiger charge is -2.28. The van der Waals surface area contributed by atoms with Crippen LogP contribution in [0.4, 0.5) is 0 Å². The predicted molar refractivity (Wildman–Crippen MR) is 130 cm³/mol. The number of likely N-dealkylation sites (tertiary alicyclic amines) is 1. The maximum Gasteiger partial charge on any atom is 0.295 e. The summed E-state index contributed by atoms with van der Waals surface area (Å²) in [5.74, 6) is -0.652. The number of nitrogens with zero attached hydrogens (tertiary/aromatic N) is 2. The maximum atomic E-state index is 13.2. The standard InChI is InChI=1S/C27H34N2O4/c1-6-28(7-2)15-16-29-24(20-11-9-18(4)10-12-20)23(26(31)27(29)32)25(30)21-13-14-22(33-8-3)19(5)17-21/h9-14,17,24,30H,6-8,15-16H2,1-5H3/t24-/m0/s1. The van der Waals surface area contributed by atoms with Crippen LogP contribution in [0.2, 0.25) is 0 Å². The van der Waals surface area contributed by atoms with Crippen LogP contribution < -0.4 is 4.74 Å². The van der Waals surface area contributed by atoms with Gasteiger partial charge in [0.05, 0.1) is 18.2 Å². The number of carbonyl (C=O) groups excluding carboxylic acids is 2. The molecule has 3 rings (SSSR count). The average molecular weight is 451 g/mol. The molecule has 6 heteroatoms. The highest BCUT2D eigenvalue weighted by atomic mass is 16.5. The number of ketones is 1. The molecule has 1 heterocycles. The van der Waals surface area contributed by atoms with Gasteiger partial charge in [0.2, 0.25) is 0 Å². The predicted octanol–water partition coefficient (Wildman–Crippen LogP) is 4.47. The Bertz CT molecular complexity index is 1040. The third-order valence-corrected chi connectivity index (χ3v) is 6.23. The fourth-order valence-electron chi connectivity index (χ4n) is 4.26. The van der Waals surface area contributed by atoms with E-state index in [0.29, 0.717) is 25.3 Å². The molecule has 1 aliphatic rings. The van der Waals surface area contributed by atoms with E-state index >= 15 is 0 Å². The van der Waals surface area contributed by atoms with Gasteiger partial charge in [0, 0.05) is 18.7 Å². The Morgan fingerprint density at radius 2 is 1.70 bits per heavy atom. The molecule has 0 aliphatic carbocycles. The van der Waals surface area contributed by atoms with E-state index in [1.165, 1.54) is 0 Å². The van der Waals surface area contributed by atoms with E-state index in [-0.39, 0.29) is 11.3 Å². The van der Waals surface area contributed by atoms with Gasteiger partial charge < -0.3 is 19.6 Å². The molecule has 1 fully saturated rings. The highest BCUT2D eigenvalue weighted by molar-refractivity contribution is 6.46. The topological polar surface area (TPSA) is 70.1 Å². The van der Waals surface area contributed by atoms with Crippen LogP contribution in [-0.4, -0.2) is 59.4 Å². The number of ether oxygens (including phenoxy) is 1. The van der Waals surface area contributed by atoms with Crippen molar-refractivity contribution in [1.29, 1.82) is 0 Å². The largest absolute Gasteiger partial charge is 0.507 e. The number of hydrogen-bond donors (Lipinski definition) is 1. The van der Waals surface area contributed by atoms with Crippen molar-refractivity contribution in [3.05, 3.63) is 70.3 Å².